The van der Waals surface area contributed by atoms with E-state index >= 15 is 0 Å². The van der Waals surface area contributed by atoms with Crippen LogP contribution in [0.5, 0.6) is 5.75 Å². The number of hydrogen-bond donors (Lipinski definition) is 1. The molecule has 1 aliphatic heterocycles. The van der Waals surface area contributed by atoms with Crippen molar-refractivity contribution in [3.05, 3.63) is 33.4 Å². The van der Waals surface area contributed by atoms with Crippen molar-refractivity contribution in [1.82, 2.24) is 10.2 Å². The number of rotatable bonds is 6. The quantitative estimate of drug-likeness (QED) is 0.440. The second-order valence-corrected chi connectivity index (χ2v) is 7.29. The highest BCUT2D eigenvalue weighted by Gasteiger charge is 2.27. The molecule has 2 aromatic rings. The van der Waals surface area contributed by atoms with E-state index in [-0.39, 0.29) is 30.0 Å². The maximum atomic E-state index is 12.2. The third-order valence-corrected chi connectivity index (χ3v) is 5.24. The molecule has 13 heteroatoms. The Morgan fingerprint density at radius 1 is 1.38 bits per heavy atom. The molecule has 0 saturated heterocycles. The van der Waals surface area contributed by atoms with E-state index < -0.39 is 17.6 Å². The monoisotopic (exact) mass is 408 g/mol. The molecular weight excluding hydrogens is 397 g/mol. The number of non-ortho nitro benzene ring substituents is 1. The first-order valence-corrected chi connectivity index (χ1v) is 8.90. The third-order valence-electron chi connectivity index (χ3n) is 3.18. The van der Waals surface area contributed by atoms with Crippen LogP contribution in [0.25, 0.3) is 0 Å². The van der Waals surface area contributed by atoms with Gasteiger partial charge in [0, 0.05) is 29.0 Å². The van der Waals surface area contributed by atoms with E-state index in [1.807, 2.05) is 0 Å². The van der Waals surface area contributed by atoms with Crippen molar-refractivity contribution in [2.75, 3.05) is 18.7 Å². The molecule has 26 heavy (non-hydrogen) atoms. The van der Waals surface area contributed by atoms with Crippen LogP contribution in [0.2, 0.25) is 0 Å². The summed E-state index contributed by atoms with van der Waals surface area (Å²) in [6.07, 6.45) is -4.35. The number of alkyl halides is 3. The van der Waals surface area contributed by atoms with Gasteiger partial charge in [0.15, 0.2) is 11.1 Å². The first-order valence-electron chi connectivity index (χ1n) is 7.09. The minimum absolute atomic E-state index is 0.0484. The van der Waals surface area contributed by atoms with E-state index in [2.05, 4.69) is 15.5 Å². The van der Waals surface area contributed by atoms with Gasteiger partial charge in [-0.25, -0.2) is 0 Å². The van der Waals surface area contributed by atoms with Gasteiger partial charge in [0.05, 0.1) is 11.5 Å². The van der Waals surface area contributed by atoms with Crippen LogP contribution in [-0.2, 0) is 17.1 Å². The Bertz CT molecular complexity index is 815. The zero-order valence-corrected chi connectivity index (χ0v) is 14.5. The molecule has 0 atom stereocenters. The molecule has 1 N–H and O–H groups in total. The lowest BCUT2D eigenvalue weighted by atomic mass is 10.1. The minimum atomic E-state index is -4.35. The van der Waals surface area contributed by atoms with Crippen LogP contribution < -0.4 is 10.1 Å². The average molecular weight is 408 g/mol. The lowest BCUT2D eigenvalue weighted by Gasteiger charge is -2.20. The molecule has 0 amide bonds. The Balaban J connectivity index is 1.70. The summed E-state index contributed by atoms with van der Waals surface area (Å²) in [6, 6.07) is 2.80. The van der Waals surface area contributed by atoms with Crippen LogP contribution >= 0.6 is 23.1 Å². The van der Waals surface area contributed by atoms with Gasteiger partial charge in [-0.15, -0.1) is 10.2 Å². The van der Waals surface area contributed by atoms with E-state index in [1.165, 1.54) is 23.9 Å². The van der Waals surface area contributed by atoms with Crippen LogP contribution in [0.3, 0.4) is 0 Å². The first kappa shape index (κ1) is 18.7. The number of nitrogens with one attached hydrogen (secondary N) is 1. The second-order valence-electron chi connectivity index (χ2n) is 5.09. The van der Waals surface area contributed by atoms with Crippen LogP contribution in [0.4, 0.5) is 24.0 Å². The van der Waals surface area contributed by atoms with Gasteiger partial charge in [-0.3, -0.25) is 10.1 Å². The van der Waals surface area contributed by atoms with E-state index in [1.54, 1.807) is 0 Å². The number of nitro groups is 1. The number of nitro benzene ring substituents is 1. The maximum Gasteiger partial charge on any atom is 0.405 e. The molecule has 8 nitrogen and oxygen atoms in total. The number of anilines is 1. The van der Waals surface area contributed by atoms with Crippen molar-refractivity contribution in [1.29, 1.82) is 0 Å². The molecule has 0 aliphatic carbocycles. The van der Waals surface area contributed by atoms with Gasteiger partial charge in [0.25, 0.3) is 5.69 Å². The van der Waals surface area contributed by atoms with Crippen LogP contribution in [-0.4, -0.2) is 34.6 Å². The summed E-state index contributed by atoms with van der Waals surface area (Å²) < 4.78 is 47.6. The summed E-state index contributed by atoms with van der Waals surface area (Å²) in [5, 5.41) is 20.7. The van der Waals surface area contributed by atoms with Crippen molar-refractivity contribution in [2.45, 2.75) is 22.9 Å². The molecule has 1 aromatic heterocycles. The van der Waals surface area contributed by atoms with Crippen molar-refractivity contribution in [2.24, 2.45) is 0 Å². The lowest BCUT2D eigenvalue weighted by Crippen LogP contribution is -2.21. The van der Waals surface area contributed by atoms with Crippen molar-refractivity contribution in [3.63, 3.8) is 0 Å². The number of thioether (sulfide) groups is 1. The highest BCUT2D eigenvalue weighted by Crippen LogP contribution is 2.37. The van der Waals surface area contributed by atoms with E-state index in [4.69, 9.17) is 9.47 Å². The molecule has 3 rings (SSSR count). The molecule has 0 radical (unpaired) electrons. The van der Waals surface area contributed by atoms with Crippen molar-refractivity contribution in [3.8, 4) is 5.75 Å². The number of aromatic nitrogens is 2. The third kappa shape index (κ3) is 4.74. The Labute approximate surface area is 152 Å². The number of hydrogen-bond acceptors (Lipinski definition) is 9. The Hall–Kier alpha value is -2.12. The lowest BCUT2D eigenvalue weighted by molar-refractivity contribution is -0.385. The number of nitrogens with zero attached hydrogens (tertiary/aromatic N) is 3. The topological polar surface area (TPSA) is 99.4 Å². The standard InChI is InChI=1S/C13H11F3N4O4S2/c14-13(15,16)5-17-11-18-19-12(26-11)25-4-8-2-9(20(21)22)1-7-3-23-6-24-10(7)8/h1-2H,3-6H2,(H,17,18). The second kappa shape index (κ2) is 7.63. The number of fused-ring (bicyclic) bond motifs is 1. The Morgan fingerprint density at radius 2 is 2.19 bits per heavy atom. The maximum absolute atomic E-state index is 12.2. The normalized spacial score (nSPS) is 13.8. The first-order chi connectivity index (χ1) is 12.3. The average Bonchev–Trinajstić information content (AvgIpc) is 3.05. The molecule has 0 fully saturated rings. The smallest absolute Gasteiger partial charge is 0.405 e. The molecule has 1 aromatic carbocycles. The predicted octanol–water partition coefficient (Wildman–Crippen LogP) is 3.58. The van der Waals surface area contributed by atoms with Gasteiger partial charge in [-0.1, -0.05) is 23.1 Å². The minimum Gasteiger partial charge on any atom is -0.467 e. The zero-order chi connectivity index (χ0) is 18.7. The Morgan fingerprint density at radius 3 is 2.92 bits per heavy atom. The highest BCUT2D eigenvalue weighted by atomic mass is 32.2. The molecule has 0 spiro atoms. The fraction of sp³-hybridized carbons (Fsp3) is 0.385. The van der Waals surface area contributed by atoms with Gasteiger partial charge in [-0.2, -0.15) is 13.2 Å². The molecule has 140 valence electrons. The van der Waals surface area contributed by atoms with Gasteiger partial charge in [-0.05, 0) is 0 Å². The van der Waals surface area contributed by atoms with E-state index in [0.717, 1.165) is 11.3 Å². The highest BCUT2D eigenvalue weighted by molar-refractivity contribution is 8.00. The molecule has 0 bridgehead atoms. The molecular formula is C13H11F3N4O4S2. The molecule has 1 aliphatic rings. The summed E-state index contributed by atoms with van der Waals surface area (Å²) in [7, 11) is 0. The van der Waals surface area contributed by atoms with E-state index in [0.29, 0.717) is 21.2 Å². The van der Waals surface area contributed by atoms with Gasteiger partial charge in [0.1, 0.15) is 12.3 Å². The Kier molecular flexibility index (Phi) is 5.48. The van der Waals surface area contributed by atoms with Gasteiger partial charge in [0.2, 0.25) is 5.13 Å². The van der Waals surface area contributed by atoms with Crippen molar-refractivity contribution < 1.29 is 27.6 Å². The van der Waals surface area contributed by atoms with Crippen molar-refractivity contribution >= 4 is 33.9 Å². The molecule has 2 heterocycles. The number of benzene rings is 1. The van der Waals surface area contributed by atoms with E-state index in [9.17, 15) is 23.3 Å². The SMILES string of the molecule is O=[N+]([O-])c1cc2c(c(CSc3nnc(NCC(F)(F)F)s3)c1)OCOC2. The molecule has 0 saturated carbocycles. The fourth-order valence-electron chi connectivity index (χ4n) is 2.15. The number of ether oxygens (including phenoxy) is 2. The zero-order valence-electron chi connectivity index (χ0n) is 12.9. The van der Waals surface area contributed by atoms with Crippen LogP contribution in [0, 0.1) is 10.1 Å². The van der Waals surface area contributed by atoms with Crippen LogP contribution in [0.1, 0.15) is 11.1 Å². The summed E-state index contributed by atoms with van der Waals surface area (Å²) >= 11 is 2.17. The fourth-order valence-corrected chi connectivity index (χ4v) is 3.86. The summed E-state index contributed by atoms with van der Waals surface area (Å²) in [4.78, 5) is 10.6. The van der Waals surface area contributed by atoms with Gasteiger partial charge < -0.3 is 14.8 Å². The number of halogens is 3. The van der Waals surface area contributed by atoms with Gasteiger partial charge >= 0.3 is 6.18 Å². The predicted molar refractivity (Wildman–Crippen MR) is 87.4 cm³/mol. The molecule has 0 unspecified atom stereocenters. The summed E-state index contributed by atoms with van der Waals surface area (Å²) in [5.41, 5.74) is 1.08. The summed E-state index contributed by atoms with van der Waals surface area (Å²) in [5.74, 6) is 0.812. The summed E-state index contributed by atoms with van der Waals surface area (Å²) in [6.45, 7) is -0.940. The largest absolute Gasteiger partial charge is 0.467 e. The van der Waals surface area contributed by atoms with Crippen LogP contribution in [0.15, 0.2) is 16.5 Å².